The van der Waals surface area contributed by atoms with Crippen molar-refractivity contribution in [3.8, 4) is 0 Å². The van der Waals surface area contributed by atoms with Gasteiger partial charge in [0.15, 0.2) is 0 Å². The van der Waals surface area contributed by atoms with Crippen LogP contribution in [-0.2, 0) is 20.0 Å². The summed E-state index contributed by atoms with van der Waals surface area (Å²) in [7, 11) is -5.92. The number of rotatable bonds is 6. The summed E-state index contributed by atoms with van der Waals surface area (Å²) in [5.74, 6) is -0.240. The second kappa shape index (κ2) is 9.00. The largest absolute Gasteiger partial charge is 0.270 e. The number of likely N-dealkylation sites (N-methyl/N-ethyl adjacent to an activating group) is 1. The van der Waals surface area contributed by atoms with Crippen LogP contribution in [0.4, 0.5) is 0 Å². The van der Waals surface area contributed by atoms with Crippen molar-refractivity contribution in [2.75, 3.05) is 7.05 Å². The van der Waals surface area contributed by atoms with E-state index in [0.717, 1.165) is 11.1 Å². The summed E-state index contributed by atoms with van der Waals surface area (Å²) < 4.78 is 56.3. The van der Waals surface area contributed by atoms with Gasteiger partial charge in [-0.25, -0.2) is 16.8 Å². The first-order valence-electron chi connectivity index (χ1n) is 10.7. The van der Waals surface area contributed by atoms with E-state index in [2.05, 4.69) is 0 Å². The van der Waals surface area contributed by atoms with Crippen LogP contribution in [-0.4, -0.2) is 44.6 Å². The summed E-state index contributed by atoms with van der Waals surface area (Å²) >= 11 is 0. The Hall–Kier alpha value is -2.16. The quantitative estimate of drug-likeness (QED) is 0.622. The Kier molecular flexibility index (Phi) is 6.88. The highest BCUT2D eigenvalue weighted by molar-refractivity contribution is 7.89. The molecule has 0 radical (unpaired) electrons. The Labute approximate surface area is 192 Å². The van der Waals surface area contributed by atoms with Gasteiger partial charge < -0.3 is 0 Å². The zero-order chi connectivity index (χ0) is 23.8. The molecule has 0 bridgehead atoms. The van der Waals surface area contributed by atoms with Gasteiger partial charge in [0.1, 0.15) is 0 Å². The van der Waals surface area contributed by atoms with Crippen molar-refractivity contribution in [1.82, 2.24) is 8.61 Å². The molecule has 2 aromatic carbocycles. The molecule has 174 valence electrons. The number of aryl methyl sites for hydroxylation is 2. The zero-order valence-corrected chi connectivity index (χ0v) is 21.1. The van der Waals surface area contributed by atoms with Gasteiger partial charge in [0.25, 0.3) is 10.0 Å². The van der Waals surface area contributed by atoms with Crippen LogP contribution in [0.1, 0.15) is 38.3 Å². The number of hydrogen-bond acceptors (Lipinski definition) is 4. The summed E-state index contributed by atoms with van der Waals surface area (Å²) in [6.45, 7) is 9.47. The first-order chi connectivity index (χ1) is 14.9. The third-order valence-electron chi connectivity index (χ3n) is 6.33. The Morgan fingerprint density at radius 1 is 0.844 bits per heavy atom. The third-order valence-corrected chi connectivity index (χ3v) is 9.99. The molecule has 8 heteroatoms. The predicted octanol–water partition coefficient (Wildman–Crippen LogP) is 4.32. The molecule has 2 aromatic rings. The molecular formula is C24H32N2O4S2. The molecular weight excluding hydrogens is 444 g/mol. The average Bonchev–Trinajstić information content (AvgIpc) is 2.74. The van der Waals surface area contributed by atoms with Crippen molar-refractivity contribution in [3.63, 3.8) is 0 Å². The third kappa shape index (κ3) is 4.36. The van der Waals surface area contributed by atoms with E-state index < -0.39 is 26.1 Å². The van der Waals surface area contributed by atoms with Crippen molar-refractivity contribution in [2.24, 2.45) is 5.92 Å². The van der Waals surface area contributed by atoms with Crippen LogP contribution in [0.25, 0.3) is 0 Å². The van der Waals surface area contributed by atoms with E-state index in [1.54, 1.807) is 68.7 Å². The first kappa shape index (κ1) is 24.5. The van der Waals surface area contributed by atoms with Gasteiger partial charge in [-0.05, 0) is 62.9 Å². The molecule has 3 rings (SSSR count). The molecule has 0 aromatic heterocycles. The molecule has 3 atom stereocenters. The fourth-order valence-corrected chi connectivity index (χ4v) is 7.70. The van der Waals surface area contributed by atoms with E-state index in [9.17, 15) is 16.8 Å². The summed E-state index contributed by atoms with van der Waals surface area (Å²) in [6.07, 6.45) is 2.17. The van der Waals surface area contributed by atoms with Crippen molar-refractivity contribution in [1.29, 1.82) is 0 Å². The molecule has 0 saturated carbocycles. The minimum Gasteiger partial charge on any atom is -0.270 e. The van der Waals surface area contributed by atoms with Gasteiger partial charge >= 0.3 is 0 Å². The van der Waals surface area contributed by atoms with E-state index >= 15 is 0 Å². The Balaban J connectivity index is 2.02. The molecule has 0 amide bonds. The second-order valence-electron chi connectivity index (χ2n) is 8.63. The smallest absolute Gasteiger partial charge is 0.264 e. The summed E-state index contributed by atoms with van der Waals surface area (Å²) in [5, 5.41) is 0. The molecule has 1 aliphatic heterocycles. The van der Waals surface area contributed by atoms with E-state index in [1.807, 2.05) is 27.7 Å². The van der Waals surface area contributed by atoms with Gasteiger partial charge in [-0.15, -0.1) is 0 Å². The molecule has 32 heavy (non-hydrogen) atoms. The second-order valence-corrected chi connectivity index (χ2v) is 12.5. The van der Waals surface area contributed by atoms with Gasteiger partial charge in [-0.2, -0.15) is 4.31 Å². The summed E-state index contributed by atoms with van der Waals surface area (Å²) in [4.78, 5) is 0.463. The molecule has 6 nitrogen and oxygen atoms in total. The van der Waals surface area contributed by atoms with Crippen molar-refractivity contribution in [3.05, 3.63) is 71.4 Å². The number of nitrogens with zero attached hydrogens (tertiary/aromatic N) is 2. The highest BCUT2D eigenvalue weighted by atomic mass is 32.2. The van der Waals surface area contributed by atoms with Crippen LogP contribution < -0.4 is 0 Å². The number of benzene rings is 2. The molecule has 0 unspecified atom stereocenters. The highest BCUT2D eigenvalue weighted by Gasteiger charge is 2.43. The topological polar surface area (TPSA) is 74.8 Å². The lowest BCUT2D eigenvalue weighted by atomic mass is 9.85. The minimum atomic E-state index is -3.76. The van der Waals surface area contributed by atoms with E-state index in [4.69, 9.17) is 0 Å². The maximum Gasteiger partial charge on any atom is 0.264 e. The minimum absolute atomic E-state index is 0.230. The van der Waals surface area contributed by atoms with Crippen molar-refractivity contribution >= 4 is 20.0 Å². The average molecular weight is 477 g/mol. The van der Waals surface area contributed by atoms with Crippen LogP contribution >= 0.6 is 0 Å². The van der Waals surface area contributed by atoms with Crippen LogP contribution in [0.2, 0.25) is 0 Å². The summed E-state index contributed by atoms with van der Waals surface area (Å²) in [6, 6.07) is 12.7. The predicted molar refractivity (Wildman–Crippen MR) is 127 cm³/mol. The Morgan fingerprint density at radius 2 is 1.31 bits per heavy atom. The monoisotopic (exact) mass is 476 g/mol. The van der Waals surface area contributed by atoms with E-state index in [0.29, 0.717) is 12.0 Å². The van der Waals surface area contributed by atoms with Crippen LogP contribution in [0, 0.1) is 19.8 Å². The molecule has 1 heterocycles. The summed E-state index contributed by atoms with van der Waals surface area (Å²) in [5.41, 5.74) is 2.66. The standard InChI is InChI=1S/C24H32N2O4S2/c1-7-23-20(5)24(25(6)31(27,28)21-12-8-17(2)9-13-21)19(4)16-26(23)32(29,30)22-14-10-18(3)11-15-22/h8-16,20,23-24H,7H2,1-6H3/t20-,23-,24-/m0/s1. The number of sulfonamides is 2. The van der Waals surface area contributed by atoms with E-state index in [-0.39, 0.29) is 21.8 Å². The lowest BCUT2D eigenvalue weighted by molar-refractivity contribution is 0.191. The van der Waals surface area contributed by atoms with Gasteiger partial charge in [-0.3, -0.25) is 4.31 Å². The lowest BCUT2D eigenvalue weighted by Crippen LogP contribution is -2.53. The molecule has 1 aliphatic rings. The molecule has 0 fully saturated rings. The lowest BCUT2D eigenvalue weighted by Gasteiger charge is -2.45. The molecule has 0 spiro atoms. The van der Waals surface area contributed by atoms with Crippen molar-refractivity contribution in [2.45, 2.75) is 62.9 Å². The Bertz CT molecular complexity index is 1200. The first-order valence-corrected chi connectivity index (χ1v) is 13.6. The SMILES string of the molecule is CC[C@H]1[C@H](C)[C@@H](N(C)S(=O)(=O)c2ccc(C)cc2)C(C)=CN1S(=O)(=O)c1ccc(C)cc1. The fraction of sp³-hybridized carbons (Fsp3) is 0.417. The van der Waals surface area contributed by atoms with E-state index in [1.165, 1.54) is 8.61 Å². The van der Waals surface area contributed by atoms with Gasteiger partial charge in [0, 0.05) is 19.3 Å². The van der Waals surface area contributed by atoms with Crippen LogP contribution in [0.5, 0.6) is 0 Å². The zero-order valence-electron chi connectivity index (χ0n) is 19.5. The highest BCUT2D eigenvalue weighted by Crippen LogP contribution is 2.37. The Morgan fingerprint density at radius 3 is 1.78 bits per heavy atom. The van der Waals surface area contributed by atoms with Crippen molar-refractivity contribution < 1.29 is 16.8 Å². The maximum atomic E-state index is 13.4. The molecule has 0 aliphatic carbocycles. The molecule has 0 saturated heterocycles. The maximum absolute atomic E-state index is 13.4. The fourth-order valence-electron chi connectivity index (χ4n) is 4.50. The van der Waals surface area contributed by atoms with Gasteiger partial charge in [0.2, 0.25) is 10.0 Å². The van der Waals surface area contributed by atoms with Gasteiger partial charge in [-0.1, -0.05) is 49.2 Å². The normalized spacial score (nSPS) is 22.2. The van der Waals surface area contributed by atoms with Crippen LogP contribution in [0.15, 0.2) is 70.1 Å². The van der Waals surface area contributed by atoms with Gasteiger partial charge in [0.05, 0.1) is 15.8 Å². The van der Waals surface area contributed by atoms with Crippen LogP contribution in [0.3, 0.4) is 0 Å². The number of hydrogen-bond donors (Lipinski definition) is 0. The molecule has 0 N–H and O–H groups in total.